The zero-order chi connectivity index (χ0) is 20.3. The number of fused-ring (bicyclic) bond motifs is 1. The monoisotopic (exact) mass is 380 g/mol. The molecule has 0 aliphatic heterocycles. The summed E-state index contributed by atoms with van der Waals surface area (Å²) in [4.78, 5) is 35.9. The van der Waals surface area contributed by atoms with E-state index >= 15 is 0 Å². The highest BCUT2D eigenvalue weighted by molar-refractivity contribution is 5.99. The Morgan fingerprint density at radius 2 is 1.79 bits per heavy atom. The molecule has 1 atom stereocenters. The van der Waals surface area contributed by atoms with Crippen molar-refractivity contribution in [2.75, 3.05) is 5.32 Å². The number of rotatable bonds is 6. The molecule has 1 N–H and O–H groups in total. The molecule has 3 rings (SSSR count). The number of ketones is 1. The summed E-state index contributed by atoms with van der Waals surface area (Å²) in [6.07, 6.45) is -0.998. The number of esters is 1. The second-order valence-corrected chi connectivity index (χ2v) is 6.28. The van der Waals surface area contributed by atoms with E-state index in [1.54, 1.807) is 47.1 Å². The van der Waals surface area contributed by atoms with Gasteiger partial charge >= 0.3 is 5.97 Å². The largest absolute Gasteiger partial charge is 0.449 e. The van der Waals surface area contributed by atoms with E-state index in [1.165, 1.54) is 13.8 Å². The Morgan fingerprint density at radius 1 is 1.11 bits per heavy atom. The van der Waals surface area contributed by atoms with E-state index in [-0.39, 0.29) is 5.78 Å². The van der Waals surface area contributed by atoms with E-state index < -0.39 is 18.0 Å². The predicted octanol–water partition coefficient (Wildman–Crippen LogP) is 2.84. The van der Waals surface area contributed by atoms with Crippen molar-refractivity contribution in [1.29, 1.82) is 0 Å². The molecule has 0 unspecified atom stereocenters. The van der Waals surface area contributed by atoms with Crippen LogP contribution in [-0.2, 0) is 16.1 Å². The number of benzene rings is 2. The van der Waals surface area contributed by atoms with E-state index in [0.717, 1.165) is 5.52 Å². The summed E-state index contributed by atoms with van der Waals surface area (Å²) in [6.45, 7) is 5.58. The first kappa shape index (κ1) is 19.2. The Balaban J connectivity index is 1.64. The minimum Gasteiger partial charge on any atom is -0.449 e. The molecule has 8 nitrogen and oxygen atoms in total. The number of hydrogen-bond donors (Lipinski definition) is 1. The molecule has 0 fully saturated rings. The lowest BCUT2D eigenvalue weighted by molar-refractivity contribution is -0.123. The van der Waals surface area contributed by atoms with Crippen LogP contribution in [0.3, 0.4) is 0 Å². The number of hydrogen-bond acceptors (Lipinski definition) is 6. The zero-order valence-corrected chi connectivity index (χ0v) is 15.8. The first-order chi connectivity index (χ1) is 13.4. The average Bonchev–Trinajstić information content (AvgIpc) is 3.10. The summed E-state index contributed by atoms with van der Waals surface area (Å²) in [7, 11) is 0. The molecule has 1 amide bonds. The van der Waals surface area contributed by atoms with E-state index in [2.05, 4.69) is 15.6 Å². The van der Waals surface area contributed by atoms with Crippen LogP contribution in [0.5, 0.6) is 0 Å². The molecule has 0 spiro atoms. The van der Waals surface area contributed by atoms with E-state index in [9.17, 15) is 14.4 Å². The lowest BCUT2D eigenvalue weighted by atomic mass is 10.1. The molecule has 0 radical (unpaired) electrons. The maximum Gasteiger partial charge on any atom is 0.338 e. The van der Waals surface area contributed by atoms with Crippen molar-refractivity contribution in [3.63, 3.8) is 0 Å². The van der Waals surface area contributed by atoms with Crippen LogP contribution in [0.4, 0.5) is 5.69 Å². The topological polar surface area (TPSA) is 103 Å². The Hall–Kier alpha value is -3.55. The molecule has 0 saturated carbocycles. The highest BCUT2D eigenvalue weighted by Gasteiger charge is 2.20. The summed E-state index contributed by atoms with van der Waals surface area (Å²) < 4.78 is 6.97. The van der Waals surface area contributed by atoms with Gasteiger partial charge in [-0.15, -0.1) is 5.10 Å². The van der Waals surface area contributed by atoms with Gasteiger partial charge in [0.2, 0.25) is 0 Å². The third-order valence-corrected chi connectivity index (χ3v) is 4.26. The summed E-state index contributed by atoms with van der Waals surface area (Å²) in [6, 6.07) is 11.4. The van der Waals surface area contributed by atoms with Gasteiger partial charge in [-0.3, -0.25) is 9.59 Å². The molecule has 1 heterocycles. The van der Waals surface area contributed by atoms with Gasteiger partial charge in [0.05, 0.1) is 11.1 Å². The Labute approximate surface area is 161 Å². The SMILES string of the molecule is CCn1nnc2cc(C(=O)O[C@@H](C)C(=O)Nc3ccc(C(C)=O)cc3)ccc21. The van der Waals surface area contributed by atoms with Crippen LogP contribution in [0.2, 0.25) is 0 Å². The van der Waals surface area contributed by atoms with Gasteiger partial charge in [-0.2, -0.15) is 0 Å². The number of nitrogens with one attached hydrogen (secondary N) is 1. The van der Waals surface area contributed by atoms with Crippen molar-refractivity contribution in [1.82, 2.24) is 15.0 Å². The van der Waals surface area contributed by atoms with Crippen LogP contribution in [-0.4, -0.2) is 38.8 Å². The van der Waals surface area contributed by atoms with Gasteiger partial charge in [0, 0.05) is 17.8 Å². The van der Waals surface area contributed by atoms with Crippen molar-refractivity contribution < 1.29 is 19.1 Å². The second kappa shape index (κ2) is 7.99. The van der Waals surface area contributed by atoms with Gasteiger partial charge in [0.1, 0.15) is 5.52 Å². The van der Waals surface area contributed by atoms with Crippen LogP contribution in [0.25, 0.3) is 11.0 Å². The number of ether oxygens (including phenoxy) is 1. The standard InChI is InChI=1S/C20H20N4O4/c1-4-24-18-10-7-15(11-17(18)22-23-24)20(27)28-13(3)19(26)21-16-8-5-14(6-9-16)12(2)25/h5-11,13H,4H2,1-3H3,(H,21,26)/t13-/m0/s1. The molecule has 0 saturated heterocycles. The van der Waals surface area contributed by atoms with Crippen molar-refractivity contribution >= 4 is 34.4 Å². The van der Waals surface area contributed by atoms with E-state index in [4.69, 9.17) is 4.74 Å². The van der Waals surface area contributed by atoms with Gasteiger partial charge in [-0.05, 0) is 63.2 Å². The lowest BCUT2D eigenvalue weighted by Gasteiger charge is -2.13. The molecule has 0 aliphatic rings. The smallest absolute Gasteiger partial charge is 0.338 e. The first-order valence-corrected chi connectivity index (χ1v) is 8.85. The zero-order valence-electron chi connectivity index (χ0n) is 15.8. The fraction of sp³-hybridized carbons (Fsp3) is 0.250. The number of nitrogens with zero attached hydrogens (tertiary/aromatic N) is 3. The number of carbonyl (C=O) groups is 3. The molecule has 1 aromatic heterocycles. The number of anilines is 1. The Morgan fingerprint density at radius 3 is 2.43 bits per heavy atom. The highest BCUT2D eigenvalue weighted by Crippen LogP contribution is 2.16. The number of aromatic nitrogens is 3. The van der Waals surface area contributed by atoms with Crippen molar-refractivity contribution in [2.45, 2.75) is 33.4 Å². The third kappa shape index (κ3) is 4.06. The quantitative estimate of drug-likeness (QED) is 0.521. The van der Waals surface area contributed by atoms with E-state index in [1.807, 2.05) is 6.92 Å². The van der Waals surface area contributed by atoms with Crippen LogP contribution in [0, 0.1) is 0 Å². The van der Waals surface area contributed by atoms with Gasteiger partial charge in [0.15, 0.2) is 11.9 Å². The number of Topliss-reactive ketones (excluding diaryl/α,β-unsaturated/α-hetero) is 1. The molecule has 28 heavy (non-hydrogen) atoms. The minimum atomic E-state index is -0.998. The Kier molecular flexibility index (Phi) is 5.49. The third-order valence-electron chi connectivity index (χ3n) is 4.26. The van der Waals surface area contributed by atoms with Gasteiger partial charge < -0.3 is 10.1 Å². The summed E-state index contributed by atoms with van der Waals surface area (Å²) in [5.41, 5.74) is 2.75. The van der Waals surface area contributed by atoms with Crippen LogP contribution in [0.15, 0.2) is 42.5 Å². The molecule has 8 heteroatoms. The van der Waals surface area contributed by atoms with Crippen molar-refractivity contribution in [3.05, 3.63) is 53.6 Å². The highest BCUT2D eigenvalue weighted by atomic mass is 16.5. The normalized spacial score (nSPS) is 11.8. The fourth-order valence-electron chi connectivity index (χ4n) is 2.65. The molecular formula is C20H20N4O4. The van der Waals surface area contributed by atoms with Crippen LogP contribution < -0.4 is 5.32 Å². The minimum absolute atomic E-state index is 0.0592. The van der Waals surface area contributed by atoms with Crippen molar-refractivity contribution in [2.24, 2.45) is 0 Å². The summed E-state index contributed by atoms with van der Waals surface area (Å²) >= 11 is 0. The summed E-state index contributed by atoms with van der Waals surface area (Å²) in [5, 5.41) is 10.7. The molecule has 0 bridgehead atoms. The molecule has 2 aromatic carbocycles. The van der Waals surface area contributed by atoms with Gasteiger partial charge in [0.25, 0.3) is 5.91 Å². The molecule has 3 aromatic rings. The first-order valence-electron chi connectivity index (χ1n) is 8.85. The Bertz CT molecular complexity index is 1040. The number of amides is 1. The van der Waals surface area contributed by atoms with Crippen LogP contribution in [0.1, 0.15) is 41.5 Å². The molecule has 0 aliphatic carbocycles. The maximum absolute atomic E-state index is 12.4. The van der Waals surface area contributed by atoms with E-state index in [0.29, 0.717) is 28.9 Å². The summed E-state index contributed by atoms with van der Waals surface area (Å²) in [5.74, 6) is -1.15. The predicted molar refractivity (Wildman–Crippen MR) is 103 cm³/mol. The maximum atomic E-state index is 12.4. The fourth-order valence-corrected chi connectivity index (χ4v) is 2.65. The van der Waals surface area contributed by atoms with Crippen molar-refractivity contribution in [3.8, 4) is 0 Å². The lowest BCUT2D eigenvalue weighted by Crippen LogP contribution is -2.30. The molecular weight excluding hydrogens is 360 g/mol. The number of carbonyl (C=O) groups excluding carboxylic acids is 3. The van der Waals surface area contributed by atoms with Gasteiger partial charge in [-0.1, -0.05) is 5.21 Å². The molecule has 144 valence electrons. The van der Waals surface area contributed by atoms with Crippen LogP contribution >= 0.6 is 0 Å². The van der Waals surface area contributed by atoms with Gasteiger partial charge in [-0.25, -0.2) is 9.48 Å². The number of aryl methyl sites for hydroxylation is 1. The average molecular weight is 380 g/mol. The second-order valence-electron chi connectivity index (χ2n) is 6.28.